The minimum absolute atomic E-state index is 0.438. The van der Waals surface area contributed by atoms with E-state index in [1.165, 1.54) is 4.90 Å². The van der Waals surface area contributed by atoms with Crippen molar-refractivity contribution in [3.63, 3.8) is 0 Å². The Kier molecular flexibility index (Phi) is 1.77. The first kappa shape index (κ1) is 7.85. The van der Waals surface area contributed by atoms with Crippen LogP contribution in [0.5, 0.6) is 0 Å². The van der Waals surface area contributed by atoms with Crippen LogP contribution >= 0.6 is 0 Å². The first-order valence-corrected chi connectivity index (χ1v) is 3.98. The second-order valence-electron chi connectivity index (χ2n) is 2.86. The molecule has 0 spiro atoms. The molecule has 5 nitrogen and oxygen atoms in total. The van der Waals surface area contributed by atoms with Crippen LogP contribution in [0.2, 0.25) is 0 Å². The van der Waals surface area contributed by atoms with E-state index in [1.807, 2.05) is 6.08 Å². The van der Waals surface area contributed by atoms with E-state index in [0.717, 1.165) is 11.3 Å². The van der Waals surface area contributed by atoms with E-state index in [1.54, 1.807) is 12.4 Å². The summed E-state index contributed by atoms with van der Waals surface area (Å²) in [5, 5.41) is 3.09. The number of rotatable bonds is 0. The molecule has 2 heterocycles. The zero-order valence-corrected chi connectivity index (χ0v) is 7.03. The molecule has 0 saturated heterocycles. The summed E-state index contributed by atoms with van der Waals surface area (Å²) in [5.41, 5.74) is 7.15. The van der Waals surface area contributed by atoms with Gasteiger partial charge in [-0.1, -0.05) is 0 Å². The Morgan fingerprint density at radius 1 is 1.69 bits per heavy atom. The second kappa shape index (κ2) is 2.93. The van der Waals surface area contributed by atoms with E-state index in [2.05, 4.69) is 10.3 Å². The van der Waals surface area contributed by atoms with Crippen molar-refractivity contribution in [2.45, 2.75) is 0 Å². The van der Waals surface area contributed by atoms with Gasteiger partial charge >= 0.3 is 6.03 Å². The van der Waals surface area contributed by atoms with Crippen molar-refractivity contribution >= 4 is 12.2 Å². The maximum absolute atomic E-state index is 10.8. The molecule has 0 saturated carbocycles. The first-order valence-electron chi connectivity index (χ1n) is 3.98. The number of hydrogen-bond donors (Lipinski definition) is 2. The summed E-state index contributed by atoms with van der Waals surface area (Å²) in [6.07, 6.45) is 5.28. The van der Waals surface area contributed by atoms with Gasteiger partial charge in [0.2, 0.25) is 0 Å². The minimum atomic E-state index is -0.438. The van der Waals surface area contributed by atoms with Crippen LogP contribution in [-0.2, 0) is 0 Å². The summed E-state index contributed by atoms with van der Waals surface area (Å²) in [4.78, 5) is 16.3. The molecule has 2 amide bonds. The molecule has 0 aromatic rings. The van der Waals surface area contributed by atoms with Gasteiger partial charge in [0.1, 0.15) is 6.67 Å². The van der Waals surface area contributed by atoms with Gasteiger partial charge in [-0.05, 0) is 6.08 Å². The smallest absolute Gasteiger partial charge is 0.319 e. The van der Waals surface area contributed by atoms with Gasteiger partial charge < -0.3 is 11.1 Å². The molecule has 0 fully saturated rings. The molecule has 5 heteroatoms. The lowest BCUT2D eigenvalue weighted by atomic mass is 10.1. The zero-order chi connectivity index (χ0) is 9.26. The molecule has 0 unspecified atom stereocenters. The van der Waals surface area contributed by atoms with Crippen LogP contribution in [0.25, 0.3) is 0 Å². The third-order valence-electron chi connectivity index (χ3n) is 2.01. The van der Waals surface area contributed by atoms with Gasteiger partial charge in [-0.2, -0.15) is 0 Å². The van der Waals surface area contributed by atoms with Crippen LogP contribution in [0.4, 0.5) is 4.79 Å². The van der Waals surface area contributed by atoms with Gasteiger partial charge in [-0.3, -0.25) is 9.89 Å². The molecule has 0 bridgehead atoms. The third-order valence-corrected chi connectivity index (χ3v) is 2.01. The third kappa shape index (κ3) is 1.40. The molecule has 2 rings (SSSR count). The van der Waals surface area contributed by atoms with Gasteiger partial charge in [0.05, 0.1) is 6.54 Å². The van der Waals surface area contributed by atoms with Gasteiger partial charge in [0, 0.05) is 23.7 Å². The minimum Gasteiger partial charge on any atom is -0.368 e. The highest BCUT2D eigenvalue weighted by atomic mass is 16.2. The van der Waals surface area contributed by atoms with E-state index in [-0.39, 0.29) is 0 Å². The number of nitrogens with one attached hydrogen (secondary N) is 1. The van der Waals surface area contributed by atoms with Crippen LogP contribution in [0.15, 0.2) is 28.5 Å². The van der Waals surface area contributed by atoms with Crippen molar-refractivity contribution in [1.29, 1.82) is 0 Å². The largest absolute Gasteiger partial charge is 0.368 e. The summed E-state index contributed by atoms with van der Waals surface area (Å²) in [6, 6.07) is -0.438. The summed E-state index contributed by atoms with van der Waals surface area (Å²) in [7, 11) is 0. The fourth-order valence-corrected chi connectivity index (χ4v) is 1.30. The fraction of sp³-hybridized carbons (Fsp3) is 0.250. The van der Waals surface area contributed by atoms with Crippen molar-refractivity contribution in [2.24, 2.45) is 10.7 Å². The Bertz CT molecular complexity index is 329. The predicted octanol–water partition coefficient (Wildman–Crippen LogP) is -0.220. The van der Waals surface area contributed by atoms with Gasteiger partial charge in [0.25, 0.3) is 0 Å². The summed E-state index contributed by atoms with van der Waals surface area (Å²) >= 11 is 0. The average Bonchev–Trinajstić information content (AvgIpc) is 2.17. The molecule has 2 aliphatic heterocycles. The first-order chi connectivity index (χ1) is 6.27. The zero-order valence-electron chi connectivity index (χ0n) is 7.03. The van der Waals surface area contributed by atoms with Crippen molar-refractivity contribution in [1.82, 2.24) is 10.2 Å². The highest BCUT2D eigenvalue weighted by molar-refractivity contribution is 5.85. The van der Waals surface area contributed by atoms with Crippen LogP contribution in [0.3, 0.4) is 0 Å². The SMILES string of the molecule is NC(=O)N1C=CC2=C(C1)NCN=C2. The Morgan fingerprint density at radius 3 is 3.31 bits per heavy atom. The lowest BCUT2D eigenvalue weighted by Crippen LogP contribution is -2.38. The number of nitrogens with two attached hydrogens (primary N) is 1. The Labute approximate surface area is 75.6 Å². The van der Waals surface area contributed by atoms with E-state index in [4.69, 9.17) is 5.73 Å². The number of allylic oxidation sites excluding steroid dienone is 2. The normalized spacial score (nSPS) is 19.8. The summed E-state index contributed by atoms with van der Waals surface area (Å²) in [6.45, 7) is 1.08. The highest BCUT2D eigenvalue weighted by Crippen LogP contribution is 2.13. The standard InChI is InChI=1S/C8H10N4O/c9-8(13)12-2-1-6-3-10-5-11-7(6)4-12/h1-3,11H,4-5H2,(H2,9,13). The number of nitrogens with zero attached hydrogens (tertiary/aromatic N) is 2. The Balaban J connectivity index is 2.20. The van der Waals surface area contributed by atoms with Crippen LogP contribution in [0.1, 0.15) is 0 Å². The van der Waals surface area contributed by atoms with E-state index in [0.29, 0.717) is 13.2 Å². The molecular weight excluding hydrogens is 168 g/mol. The molecule has 3 N–H and O–H groups in total. The molecule has 2 aliphatic rings. The quantitative estimate of drug-likeness (QED) is 0.538. The number of carbonyl (C=O) groups is 1. The number of hydrogen-bond acceptors (Lipinski definition) is 3. The maximum Gasteiger partial charge on any atom is 0.319 e. The topological polar surface area (TPSA) is 70.7 Å². The number of amides is 2. The fourth-order valence-electron chi connectivity index (χ4n) is 1.30. The van der Waals surface area contributed by atoms with Crippen molar-refractivity contribution in [2.75, 3.05) is 13.2 Å². The monoisotopic (exact) mass is 178 g/mol. The molecular formula is C8H10N4O. The number of primary amides is 1. The van der Waals surface area contributed by atoms with Crippen molar-refractivity contribution < 1.29 is 4.79 Å². The second-order valence-corrected chi connectivity index (χ2v) is 2.86. The summed E-state index contributed by atoms with van der Waals surface area (Å²) < 4.78 is 0. The molecule has 0 atom stereocenters. The van der Waals surface area contributed by atoms with Gasteiger partial charge in [-0.25, -0.2) is 4.79 Å². The molecule has 0 radical (unpaired) electrons. The van der Waals surface area contributed by atoms with Gasteiger partial charge in [0.15, 0.2) is 0 Å². The highest BCUT2D eigenvalue weighted by Gasteiger charge is 2.16. The Morgan fingerprint density at radius 2 is 2.54 bits per heavy atom. The molecule has 68 valence electrons. The molecule has 0 aromatic carbocycles. The van der Waals surface area contributed by atoms with Crippen LogP contribution in [0, 0.1) is 0 Å². The molecule has 13 heavy (non-hydrogen) atoms. The van der Waals surface area contributed by atoms with E-state index >= 15 is 0 Å². The number of urea groups is 1. The summed E-state index contributed by atoms with van der Waals surface area (Å²) in [5.74, 6) is 0. The Hall–Kier alpha value is -1.78. The van der Waals surface area contributed by atoms with E-state index < -0.39 is 6.03 Å². The average molecular weight is 178 g/mol. The van der Waals surface area contributed by atoms with Crippen molar-refractivity contribution in [3.8, 4) is 0 Å². The molecule has 0 aliphatic carbocycles. The number of aliphatic imine (C=N–C) groups is 1. The predicted molar refractivity (Wildman–Crippen MR) is 49.0 cm³/mol. The van der Waals surface area contributed by atoms with Gasteiger partial charge in [-0.15, -0.1) is 0 Å². The van der Waals surface area contributed by atoms with Crippen LogP contribution < -0.4 is 11.1 Å². The number of carbonyl (C=O) groups excluding carboxylic acids is 1. The van der Waals surface area contributed by atoms with Crippen LogP contribution in [-0.4, -0.2) is 30.4 Å². The van der Waals surface area contributed by atoms with Crippen molar-refractivity contribution in [3.05, 3.63) is 23.5 Å². The van der Waals surface area contributed by atoms with E-state index in [9.17, 15) is 4.79 Å². The maximum atomic E-state index is 10.8. The lowest BCUT2D eigenvalue weighted by molar-refractivity contribution is 0.226. The lowest BCUT2D eigenvalue weighted by Gasteiger charge is -2.25. The molecule has 0 aromatic heterocycles.